The minimum Gasteiger partial charge on any atom is -0.312 e. The molecule has 1 aliphatic rings. The van der Waals surface area contributed by atoms with Crippen LogP contribution in [-0.2, 0) is 19.5 Å². The molecule has 0 aliphatic carbocycles. The summed E-state index contributed by atoms with van der Waals surface area (Å²) in [5, 5.41) is 16.0. The van der Waals surface area contributed by atoms with E-state index >= 15 is 0 Å². The zero-order valence-corrected chi connectivity index (χ0v) is 12.6. The van der Waals surface area contributed by atoms with Crippen molar-refractivity contribution in [3.63, 3.8) is 0 Å². The van der Waals surface area contributed by atoms with Crippen molar-refractivity contribution in [2.45, 2.75) is 25.7 Å². The molecular weight excluding hydrogens is 337 g/mol. The van der Waals surface area contributed by atoms with Gasteiger partial charge in [-0.05, 0) is 0 Å². The Morgan fingerprint density at radius 2 is 2.22 bits per heavy atom. The summed E-state index contributed by atoms with van der Waals surface area (Å²) >= 11 is 0. The molecule has 3 heterocycles. The van der Waals surface area contributed by atoms with Gasteiger partial charge in [0.15, 0.2) is 11.5 Å². The Bertz CT molecular complexity index is 695. The monoisotopic (exact) mass is 350 g/mol. The third-order valence-electron chi connectivity index (χ3n) is 3.24. The average molecular weight is 351 g/mol. The number of alkyl halides is 3. The maximum absolute atomic E-state index is 12.3. The number of aromatic amines is 1. The van der Waals surface area contributed by atoms with Gasteiger partial charge in [0.05, 0.1) is 0 Å². The Labute approximate surface area is 135 Å². The molecule has 2 aromatic rings. The van der Waals surface area contributed by atoms with E-state index in [2.05, 4.69) is 25.9 Å². The standard InChI is InChI=1S/C12H13F3N6O.ClH/c13-12(14,15)6-21-4-2-9(20-21)17-11(22)10-7-5-16-3-1-8(7)18-19-10;/h2,4,16H,1,3,5-6H2,(H,18,19)(H,17,20,22);1H. The molecule has 0 saturated carbocycles. The second-order valence-electron chi connectivity index (χ2n) is 4.92. The summed E-state index contributed by atoms with van der Waals surface area (Å²) in [6.45, 7) is 0.125. The third kappa shape index (κ3) is 4.02. The Morgan fingerprint density at radius 1 is 1.43 bits per heavy atom. The average Bonchev–Trinajstić information content (AvgIpc) is 3.03. The molecule has 23 heavy (non-hydrogen) atoms. The lowest BCUT2D eigenvalue weighted by Gasteiger charge is -2.12. The van der Waals surface area contributed by atoms with Crippen molar-refractivity contribution < 1.29 is 18.0 Å². The minimum absolute atomic E-state index is 0. The molecular formula is C12H14ClF3N6O. The number of fused-ring (bicyclic) bond motifs is 1. The first-order valence-corrected chi connectivity index (χ1v) is 6.61. The van der Waals surface area contributed by atoms with Gasteiger partial charge in [-0.2, -0.15) is 23.4 Å². The highest BCUT2D eigenvalue weighted by Crippen LogP contribution is 2.19. The van der Waals surface area contributed by atoms with Crippen LogP contribution < -0.4 is 10.6 Å². The number of H-pyrrole nitrogens is 1. The smallest absolute Gasteiger partial charge is 0.312 e. The summed E-state index contributed by atoms with van der Waals surface area (Å²) in [6, 6.07) is 1.31. The van der Waals surface area contributed by atoms with Crippen molar-refractivity contribution in [3.8, 4) is 0 Å². The molecule has 0 bridgehead atoms. The van der Waals surface area contributed by atoms with E-state index in [-0.39, 0.29) is 23.9 Å². The predicted molar refractivity (Wildman–Crippen MR) is 77.5 cm³/mol. The summed E-state index contributed by atoms with van der Waals surface area (Å²) < 4.78 is 37.5. The minimum atomic E-state index is -4.36. The quantitative estimate of drug-likeness (QED) is 0.782. The van der Waals surface area contributed by atoms with Crippen molar-refractivity contribution in [1.29, 1.82) is 0 Å². The van der Waals surface area contributed by atoms with Crippen LogP contribution in [0.1, 0.15) is 21.7 Å². The van der Waals surface area contributed by atoms with Crippen LogP contribution in [0.15, 0.2) is 12.3 Å². The third-order valence-corrected chi connectivity index (χ3v) is 3.24. The van der Waals surface area contributed by atoms with E-state index in [1.54, 1.807) is 0 Å². The van der Waals surface area contributed by atoms with Crippen LogP contribution in [0.2, 0.25) is 0 Å². The van der Waals surface area contributed by atoms with Crippen LogP contribution >= 0.6 is 12.4 Å². The Hall–Kier alpha value is -2.07. The van der Waals surface area contributed by atoms with Crippen molar-refractivity contribution in [2.75, 3.05) is 11.9 Å². The first kappa shape index (κ1) is 17.3. The van der Waals surface area contributed by atoms with Crippen molar-refractivity contribution in [1.82, 2.24) is 25.3 Å². The van der Waals surface area contributed by atoms with Crippen LogP contribution in [0, 0.1) is 0 Å². The Kier molecular flexibility index (Phi) is 4.95. The molecule has 11 heteroatoms. The van der Waals surface area contributed by atoms with Gasteiger partial charge in [-0.1, -0.05) is 0 Å². The number of aromatic nitrogens is 4. The lowest BCUT2D eigenvalue weighted by atomic mass is 10.1. The van der Waals surface area contributed by atoms with Crippen LogP contribution in [0.5, 0.6) is 0 Å². The van der Waals surface area contributed by atoms with E-state index in [0.717, 1.165) is 35.1 Å². The molecule has 1 aliphatic heterocycles. The van der Waals surface area contributed by atoms with Gasteiger partial charge in [-0.3, -0.25) is 14.6 Å². The highest BCUT2D eigenvalue weighted by molar-refractivity contribution is 6.03. The SMILES string of the molecule is Cl.O=C(Nc1ccn(CC(F)(F)F)n1)c1n[nH]c2c1CNCC2. The van der Waals surface area contributed by atoms with E-state index in [4.69, 9.17) is 0 Å². The van der Waals surface area contributed by atoms with Gasteiger partial charge < -0.3 is 10.6 Å². The van der Waals surface area contributed by atoms with E-state index in [1.165, 1.54) is 6.07 Å². The van der Waals surface area contributed by atoms with Gasteiger partial charge in [-0.25, -0.2) is 0 Å². The summed E-state index contributed by atoms with van der Waals surface area (Å²) in [5.41, 5.74) is 1.90. The second-order valence-corrected chi connectivity index (χ2v) is 4.92. The van der Waals surface area contributed by atoms with Crippen LogP contribution in [-0.4, -0.2) is 38.6 Å². The van der Waals surface area contributed by atoms with Crippen molar-refractivity contribution in [2.24, 2.45) is 0 Å². The number of carbonyl (C=O) groups is 1. The fourth-order valence-electron chi connectivity index (χ4n) is 2.29. The summed E-state index contributed by atoms with van der Waals surface area (Å²) in [6.07, 6.45) is -2.46. The van der Waals surface area contributed by atoms with Gasteiger partial charge >= 0.3 is 6.18 Å². The first-order chi connectivity index (χ1) is 10.4. The van der Waals surface area contributed by atoms with E-state index < -0.39 is 18.6 Å². The van der Waals surface area contributed by atoms with Gasteiger partial charge in [0, 0.05) is 43.0 Å². The van der Waals surface area contributed by atoms with Gasteiger partial charge in [0.2, 0.25) is 0 Å². The number of hydrogen-bond donors (Lipinski definition) is 3. The van der Waals surface area contributed by atoms with Crippen LogP contribution in [0.25, 0.3) is 0 Å². The van der Waals surface area contributed by atoms with Crippen LogP contribution in [0.3, 0.4) is 0 Å². The molecule has 3 rings (SSSR count). The number of halogens is 4. The zero-order valence-electron chi connectivity index (χ0n) is 11.8. The number of rotatable bonds is 3. The summed E-state index contributed by atoms with van der Waals surface area (Å²) in [5.74, 6) is -0.451. The number of nitrogens with zero attached hydrogens (tertiary/aromatic N) is 3. The molecule has 0 radical (unpaired) electrons. The molecule has 0 spiro atoms. The molecule has 0 aromatic carbocycles. The molecule has 0 atom stereocenters. The van der Waals surface area contributed by atoms with E-state index in [0.29, 0.717) is 6.54 Å². The zero-order chi connectivity index (χ0) is 15.7. The maximum atomic E-state index is 12.3. The fourth-order valence-corrected chi connectivity index (χ4v) is 2.29. The molecule has 0 unspecified atom stereocenters. The highest BCUT2D eigenvalue weighted by atomic mass is 35.5. The molecule has 2 aromatic heterocycles. The molecule has 126 valence electrons. The molecule has 0 saturated heterocycles. The number of carbonyl (C=O) groups excluding carboxylic acids is 1. The second kappa shape index (κ2) is 6.59. The van der Waals surface area contributed by atoms with E-state index in [1.807, 2.05) is 0 Å². The topological polar surface area (TPSA) is 87.6 Å². The number of amides is 1. The number of anilines is 1. The van der Waals surface area contributed by atoms with Gasteiger partial charge in [0.25, 0.3) is 5.91 Å². The van der Waals surface area contributed by atoms with Gasteiger partial charge in [0.1, 0.15) is 6.54 Å². The first-order valence-electron chi connectivity index (χ1n) is 6.61. The molecule has 0 fully saturated rings. The lowest BCUT2D eigenvalue weighted by Crippen LogP contribution is -2.25. The highest BCUT2D eigenvalue weighted by Gasteiger charge is 2.28. The summed E-state index contributed by atoms with van der Waals surface area (Å²) in [4.78, 5) is 12.1. The van der Waals surface area contributed by atoms with E-state index in [9.17, 15) is 18.0 Å². The Balaban J connectivity index is 0.00000192. The normalized spacial score (nSPS) is 14.0. The Morgan fingerprint density at radius 3 is 2.96 bits per heavy atom. The molecule has 1 amide bonds. The fraction of sp³-hybridized carbons (Fsp3) is 0.417. The molecule has 7 nitrogen and oxygen atoms in total. The van der Waals surface area contributed by atoms with Crippen LogP contribution in [0.4, 0.5) is 19.0 Å². The van der Waals surface area contributed by atoms with Crippen molar-refractivity contribution in [3.05, 3.63) is 29.2 Å². The van der Waals surface area contributed by atoms with Crippen molar-refractivity contribution >= 4 is 24.1 Å². The molecule has 3 N–H and O–H groups in total. The van der Waals surface area contributed by atoms with Gasteiger partial charge in [-0.15, -0.1) is 12.4 Å². The summed E-state index contributed by atoms with van der Waals surface area (Å²) in [7, 11) is 0. The number of hydrogen-bond acceptors (Lipinski definition) is 4. The maximum Gasteiger partial charge on any atom is 0.408 e. The largest absolute Gasteiger partial charge is 0.408 e. The number of nitrogens with one attached hydrogen (secondary N) is 3. The predicted octanol–water partition coefficient (Wildman–Crippen LogP) is 1.49. The lowest BCUT2D eigenvalue weighted by molar-refractivity contribution is -0.142.